The molecule has 0 fully saturated rings. The van der Waals surface area contributed by atoms with Crippen molar-refractivity contribution in [2.75, 3.05) is 5.32 Å². The van der Waals surface area contributed by atoms with E-state index in [1.165, 1.54) is 0 Å². The van der Waals surface area contributed by atoms with Crippen molar-refractivity contribution >= 4 is 33.2 Å². The van der Waals surface area contributed by atoms with E-state index in [1.807, 2.05) is 31.2 Å². The van der Waals surface area contributed by atoms with Crippen molar-refractivity contribution in [1.82, 2.24) is 4.98 Å². The van der Waals surface area contributed by atoms with E-state index in [4.69, 9.17) is 0 Å². The Bertz CT molecular complexity index is 579. The summed E-state index contributed by atoms with van der Waals surface area (Å²) in [6.07, 6.45) is 0. The molecule has 0 saturated carbocycles. The van der Waals surface area contributed by atoms with Crippen molar-refractivity contribution in [1.29, 1.82) is 0 Å². The standard InChI is InChI=1S/C14H13BrN2O/c1-9-13(15)7-8-14(16-9)17-12-5-3-11(4-6-12)10(2)18/h3-8H,1-2H3,(H,16,17). The molecule has 1 aromatic heterocycles. The zero-order chi connectivity index (χ0) is 13.1. The first-order chi connectivity index (χ1) is 8.56. The Balaban J connectivity index is 2.18. The van der Waals surface area contributed by atoms with Crippen LogP contribution in [0.2, 0.25) is 0 Å². The second-order valence-corrected chi connectivity index (χ2v) is 4.88. The van der Waals surface area contributed by atoms with Crippen LogP contribution < -0.4 is 5.32 Å². The largest absolute Gasteiger partial charge is 0.340 e. The Morgan fingerprint density at radius 1 is 1.17 bits per heavy atom. The molecule has 18 heavy (non-hydrogen) atoms. The van der Waals surface area contributed by atoms with Gasteiger partial charge in [-0.1, -0.05) is 0 Å². The second-order valence-electron chi connectivity index (χ2n) is 4.02. The van der Waals surface area contributed by atoms with Crippen molar-refractivity contribution in [3.8, 4) is 0 Å². The van der Waals surface area contributed by atoms with Gasteiger partial charge in [0.1, 0.15) is 5.82 Å². The van der Waals surface area contributed by atoms with Gasteiger partial charge in [0.25, 0.3) is 0 Å². The number of Topliss-reactive ketones (excluding diaryl/α,β-unsaturated/α-hetero) is 1. The highest BCUT2D eigenvalue weighted by Gasteiger charge is 2.01. The number of carbonyl (C=O) groups excluding carboxylic acids is 1. The van der Waals surface area contributed by atoms with Gasteiger partial charge in [-0.3, -0.25) is 4.79 Å². The van der Waals surface area contributed by atoms with Gasteiger partial charge in [0, 0.05) is 15.7 Å². The van der Waals surface area contributed by atoms with Gasteiger partial charge in [0.15, 0.2) is 5.78 Å². The number of aryl methyl sites for hydroxylation is 1. The fourth-order valence-electron chi connectivity index (χ4n) is 1.55. The third-order valence-electron chi connectivity index (χ3n) is 2.59. The summed E-state index contributed by atoms with van der Waals surface area (Å²) in [7, 11) is 0. The summed E-state index contributed by atoms with van der Waals surface area (Å²) in [4.78, 5) is 15.6. The lowest BCUT2D eigenvalue weighted by Gasteiger charge is -2.07. The molecule has 0 spiro atoms. The number of ketones is 1. The average molecular weight is 305 g/mol. The number of carbonyl (C=O) groups is 1. The van der Waals surface area contributed by atoms with Crippen molar-refractivity contribution in [3.63, 3.8) is 0 Å². The SMILES string of the molecule is CC(=O)c1ccc(Nc2ccc(Br)c(C)n2)cc1. The fourth-order valence-corrected chi connectivity index (χ4v) is 1.77. The number of rotatable bonds is 3. The van der Waals surface area contributed by atoms with Crippen molar-refractivity contribution in [2.24, 2.45) is 0 Å². The number of halogens is 1. The van der Waals surface area contributed by atoms with E-state index in [2.05, 4.69) is 26.2 Å². The normalized spacial score (nSPS) is 10.2. The molecular formula is C14H13BrN2O. The van der Waals surface area contributed by atoms with E-state index in [0.29, 0.717) is 5.56 Å². The van der Waals surface area contributed by atoms with Gasteiger partial charge in [-0.05, 0) is 66.2 Å². The third-order valence-corrected chi connectivity index (χ3v) is 3.42. The van der Waals surface area contributed by atoms with Crippen LogP contribution in [0.3, 0.4) is 0 Å². The van der Waals surface area contributed by atoms with E-state index in [1.54, 1.807) is 19.1 Å². The maximum absolute atomic E-state index is 11.2. The van der Waals surface area contributed by atoms with Crippen LogP contribution in [0.1, 0.15) is 23.0 Å². The lowest BCUT2D eigenvalue weighted by molar-refractivity contribution is 0.101. The van der Waals surface area contributed by atoms with E-state index in [-0.39, 0.29) is 5.78 Å². The minimum Gasteiger partial charge on any atom is -0.340 e. The maximum atomic E-state index is 11.2. The number of benzene rings is 1. The molecular weight excluding hydrogens is 292 g/mol. The molecule has 1 heterocycles. The number of aromatic nitrogens is 1. The third kappa shape index (κ3) is 2.96. The number of pyridine rings is 1. The Hall–Kier alpha value is -1.68. The van der Waals surface area contributed by atoms with Gasteiger partial charge in [0.2, 0.25) is 0 Å². The van der Waals surface area contributed by atoms with Gasteiger partial charge >= 0.3 is 0 Å². The van der Waals surface area contributed by atoms with Crippen LogP contribution in [0.15, 0.2) is 40.9 Å². The number of hydrogen-bond donors (Lipinski definition) is 1. The molecule has 0 amide bonds. The van der Waals surface area contributed by atoms with Crippen molar-refractivity contribution < 1.29 is 4.79 Å². The predicted octanol–water partition coefficient (Wildman–Crippen LogP) is 4.10. The number of nitrogens with zero attached hydrogens (tertiary/aromatic N) is 1. The summed E-state index contributed by atoms with van der Waals surface area (Å²) in [5, 5.41) is 3.19. The first-order valence-electron chi connectivity index (χ1n) is 5.57. The van der Waals surface area contributed by atoms with Gasteiger partial charge in [-0.25, -0.2) is 4.98 Å². The number of anilines is 2. The molecule has 0 aliphatic rings. The molecule has 2 rings (SSSR count). The summed E-state index contributed by atoms with van der Waals surface area (Å²) in [6.45, 7) is 3.50. The fraction of sp³-hybridized carbons (Fsp3) is 0.143. The Labute approximate surface area is 114 Å². The highest BCUT2D eigenvalue weighted by Crippen LogP contribution is 2.20. The van der Waals surface area contributed by atoms with Gasteiger partial charge in [0.05, 0.1) is 5.69 Å². The van der Waals surface area contributed by atoms with E-state index >= 15 is 0 Å². The van der Waals surface area contributed by atoms with Crippen LogP contribution >= 0.6 is 15.9 Å². The highest BCUT2D eigenvalue weighted by atomic mass is 79.9. The number of nitrogens with one attached hydrogen (secondary N) is 1. The first-order valence-corrected chi connectivity index (χ1v) is 6.37. The van der Waals surface area contributed by atoms with E-state index < -0.39 is 0 Å². The van der Waals surface area contributed by atoms with Crippen molar-refractivity contribution in [2.45, 2.75) is 13.8 Å². The Morgan fingerprint density at radius 2 is 1.83 bits per heavy atom. The molecule has 0 radical (unpaired) electrons. The van der Waals surface area contributed by atoms with E-state index in [9.17, 15) is 4.79 Å². The minimum absolute atomic E-state index is 0.0687. The molecule has 0 unspecified atom stereocenters. The summed E-state index contributed by atoms with van der Waals surface area (Å²) in [6, 6.07) is 11.2. The summed E-state index contributed by atoms with van der Waals surface area (Å²) in [5.41, 5.74) is 2.55. The van der Waals surface area contributed by atoms with E-state index in [0.717, 1.165) is 21.7 Å². The zero-order valence-corrected chi connectivity index (χ0v) is 11.8. The lowest BCUT2D eigenvalue weighted by atomic mass is 10.1. The molecule has 1 N–H and O–H groups in total. The van der Waals surface area contributed by atoms with Crippen LogP contribution in [0, 0.1) is 6.92 Å². The summed E-state index contributed by atoms with van der Waals surface area (Å²) < 4.78 is 0.986. The second kappa shape index (κ2) is 5.31. The molecule has 1 aromatic carbocycles. The molecule has 3 nitrogen and oxygen atoms in total. The molecule has 0 aliphatic heterocycles. The van der Waals surface area contributed by atoms with Gasteiger partial charge in [-0.15, -0.1) is 0 Å². The van der Waals surface area contributed by atoms with Crippen LogP contribution in [-0.2, 0) is 0 Å². The van der Waals surface area contributed by atoms with Crippen LogP contribution in [0.4, 0.5) is 11.5 Å². The topological polar surface area (TPSA) is 42.0 Å². The minimum atomic E-state index is 0.0687. The summed E-state index contributed by atoms with van der Waals surface area (Å²) >= 11 is 3.41. The lowest BCUT2D eigenvalue weighted by Crippen LogP contribution is -1.96. The molecule has 2 aromatic rings. The smallest absolute Gasteiger partial charge is 0.159 e. The quantitative estimate of drug-likeness (QED) is 0.868. The van der Waals surface area contributed by atoms with Crippen LogP contribution in [0.25, 0.3) is 0 Å². The van der Waals surface area contributed by atoms with Crippen molar-refractivity contribution in [3.05, 3.63) is 52.1 Å². The van der Waals surface area contributed by atoms with Gasteiger partial charge < -0.3 is 5.32 Å². The summed E-state index contributed by atoms with van der Waals surface area (Å²) in [5.74, 6) is 0.852. The molecule has 0 atom stereocenters. The van der Waals surface area contributed by atoms with Gasteiger partial charge in [-0.2, -0.15) is 0 Å². The molecule has 0 aliphatic carbocycles. The first kappa shape index (κ1) is 12.8. The average Bonchev–Trinajstić information content (AvgIpc) is 2.34. The molecule has 0 bridgehead atoms. The molecule has 0 saturated heterocycles. The maximum Gasteiger partial charge on any atom is 0.159 e. The zero-order valence-electron chi connectivity index (χ0n) is 10.2. The Morgan fingerprint density at radius 3 is 2.39 bits per heavy atom. The van der Waals surface area contributed by atoms with Crippen LogP contribution in [-0.4, -0.2) is 10.8 Å². The highest BCUT2D eigenvalue weighted by molar-refractivity contribution is 9.10. The monoisotopic (exact) mass is 304 g/mol. The Kier molecular flexibility index (Phi) is 3.77. The molecule has 92 valence electrons. The number of hydrogen-bond acceptors (Lipinski definition) is 3. The predicted molar refractivity (Wildman–Crippen MR) is 76.4 cm³/mol. The molecule has 4 heteroatoms. The van der Waals surface area contributed by atoms with Crippen LogP contribution in [0.5, 0.6) is 0 Å².